The first-order valence-corrected chi connectivity index (χ1v) is 6.65. The van der Waals surface area contributed by atoms with Crippen LogP contribution in [0.4, 0.5) is 11.4 Å². The third kappa shape index (κ3) is 3.35. The van der Waals surface area contributed by atoms with Gasteiger partial charge < -0.3 is 25.5 Å². The van der Waals surface area contributed by atoms with E-state index in [-0.39, 0.29) is 12.5 Å². The summed E-state index contributed by atoms with van der Waals surface area (Å²) in [5, 5.41) is 12.1. The fraction of sp³-hybridized carbons (Fsp3) is 0.267. The summed E-state index contributed by atoms with van der Waals surface area (Å²) in [4.78, 5) is 12.2. The minimum Gasteiger partial charge on any atom is -0.494 e. The number of nitrogens with one attached hydrogen (secondary N) is 1. The van der Waals surface area contributed by atoms with Crippen LogP contribution in [0, 0.1) is 0 Å². The van der Waals surface area contributed by atoms with Gasteiger partial charge in [-0.15, -0.1) is 0 Å². The second kappa shape index (κ2) is 6.32. The molecule has 0 bridgehead atoms. The summed E-state index contributed by atoms with van der Waals surface area (Å²) in [7, 11) is 1.75. The van der Waals surface area contributed by atoms with Crippen LogP contribution >= 0.6 is 0 Å². The van der Waals surface area contributed by atoms with E-state index < -0.39 is 0 Å². The number of anilines is 2. The van der Waals surface area contributed by atoms with Gasteiger partial charge in [-0.2, -0.15) is 0 Å². The van der Waals surface area contributed by atoms with Gasteiger partial charge in [-0.1, -0.05) is 0 Å². The molecule has 21 heavy (non-hydrogen) atoms. The van der Waals surface area contributed by atoms with Gasteiger partial charge in [0.1, 0.15) is 11.4 Å². The molecule has 6 nitrogen and oxygen atoms in total. The molecule has 1 aromatic carbocycles. The molecule has 1 heterocycles. The summed E-state index contributed by atoms with van der Waals surface area (Å²) in [5.41, 5.74) is 7.87. The fourth-order valence-electron chi connectivity index (χ4n) is 2.09. The predicted octanol–water partition coefficient (Wildman–Crippen LogP) is 1.75. The quantitative estimate of drug-likeness (QED) is 0.782. The van der Waals surface area contributed by atoms with E-state index in [0.717, 1.165) is 0 Å². The third-order valence-corrected chi connectivity index (χ3v) is 3.05. The molecular formula is C15H19N3O3. The zero-order chi connectivity index (χ0) is 15.4. The van der Waals surface area contributed by atoms with Crippen molar-refractivity contribution in [3.8, 4) is 5.75 Å². The Kier molecular flexibility index (Phi) is 4.49. The molecule has 2 rings (SSSR count). The number of hydrogen-bond acceptors (Lipinski definition) is 4. The second-order valence-electron chi connectivity index (χ2n) is 4.64. The first-order chi connectivity index (χ1) is 10.0. The van der Waals surface area contributed by atoms with E-state index >= 15 is 0 Å². The average Bonchev–Trinajstić information content (AvgIpc) is 2.79. The highest BCUT2D eigenvalue weighted by Gasteiger charge is 2.12. The lowest BCUT2D eigenvalue weighted by Crippen LogP contribution is -2.15. The number of carbonyl (C=O) groups is 1. The van der Waals surface area contributed by atoms with E-state index in [0.29, 0.717) is 35.0 Å². The van der Waals surface area contributed by atoms with Crippen LogP contribution in [0.3, 0.4) is 0 Å². The molecule has 0 radical (unpaired) electrons. The largest absolute Gasteiger partial charge is 0.494 e. The fourth-order valence-corrected chi connectivity index (χ4v) is 2.09. The Hall–Kier alpha value is -2.47. The molecule has 2 aromatic rings. The molecule has 6 heteroatoms. The summed E-state index contributed by atoms with van der Waals surface area (Å²) in [5.74, 6) is 0.350. The highest BCUT2D eigenvalue weighted by Crippen LogP contribution is 2.23. The number of nitrogen functional groups attached to an aromatic ring is 1. The Morgan fingerprint density at radius 2 is 2.19 bits per heavy atom. The van der Waals surface area contributed by atoms with Crippen LogP contribution in [0.1, 0.15) is 23.0 Å². The van der Waals surface area contributed by atoms with Crippen molar-refractivity contribution in [2.75, 3.05) is 17.7 Å². The Balaban J connectivity index is 2.19. The number of nitrogens with two attached hydrogens (primary N) is 1. The Labute approximate surface area is 123 Å². The standard InChI is InChI=1S/C15H19N3O3/c1-3-21-14-5-4-12(6-10(14)9-19)17-15(20)13-7-11(16)8-18(13)2/h4-8,19H,3,9,16H2,1-2H3,(H,17,20). The molecular weight excluding hydrogens is 270 g/mol. The SMILES string of the molecule is CCOc1ccc(NC(=O)c2cc(N)cn2C)cc1CO. The summed E-state index contributed by atoms with van der Waals surface area (Å²) >= 11 is 0. The number of benzene rings is 1. The maximum Gasteiger partial charge on any atom is 0.272 e. The molecule has 112 valence electrons. The smallest absolute Gasteiger partial charge is 0.272 e. The lowest BCUT2D eigenvalue weighted by molar-refractivity contribution is 0.101. The van der Waals surface area contributed by atoms with Crippen molar-refractivity contribution >= 4 is 17.3 Å². The van der Waals surface area contributed by atoms with Crippen molar-refractivity contribution in [2.24, 2.45) is 7.05 Å². The average molecular weight is 289 g/mol. The monoisotopic (exact) mass is 289 g/mol. The van der Waals surface area contributed by atoms with E-state index in [2.05, 4.69) is 5.32 Å². The van der Waals surface area contributed by atoms with Crippen molar-refractivity contribution in [3.05, 3.63) is 41.7 Å². The van der Waals surface area contributed by atoms with Crippen LogP contribution in [0.5, 0.6) is 5.75 Å². The van der Waals surface area contributed by atoms with E-state index in [1.54, 1.807) is 42.1 Å². The van der Waals surface area contributed by atoms with Gasteiger partial charge in [0, 0.05) is 24.5 Å². The Bertz CT molecular complexity index is 650. The maximum absolute atomic E-state index is 12.2. The number of rotatable bonds is 5. The molecule has 0 unspecified atom stereocenters. The van der Waals surface area contributed by atoms with Crippen molar-refractivity contribution in [1.82, 2.24) is 4.57 Å². The number of amides is 1. The zero-order valence-electron chi connectivity index (χ0n) is 12.1. The van der Waals surface area contributed by atoms with Crippen molar-refractivity contribution in [2.45, 2.75) is 13.5 Å². The molecule has 0 fully saturated rings. The topological polar surface area (TPSA) is 89.5 Å². The number of aliphatic hydroxyl groups is 1. The highest BCUT2D eigenvalue weighted by molar-refractivity contribution is 6.03. The number of aryl methyl sites for hydroxylation is 1. The number of ether oxygens (including phenoxy) is 1. The molecule has 0 aliphatic carbocycles. The molecule has 0 aliphatic rings. The Morgan fingerprint density at radius 1 is 1.43 bits per heavy atom. The van der Waals surface area contributed by atoms with Crippen molar-refractivity contribution < 1.29 is 14.6 Å². The molecule has 1 aromatic heterocycles. The third-order valence-electron chi connectivity index (χ3n) is 3.05. The molecule has 1 amide bonds. The van der Waals surface area contributed by atoms with Crippen LogP contribution in [-0.4, -0.2) is 22.2 Å². The van der Waals surface area contributed by atoms with Gasteiger partial charge in [-0.05, 0) is 31.2 Å². The van der Waals surface area contributed by atoms with E-state index in [1.165, 1.54) is 0 Å². The molecule has 0 aliphatic heterocycles. The van der Waals surface area contributed by atoms with Gasteiger partial charge in [-0.3, -0.25) is 4.79 Å². The van der Waals surface area contributed by atoms with Crippen LogP contribution in [0.2, 0.25) is 0 Å². The highest BCUT2D eigenvalue weighted by atomic mass is 16.5. The normalized spacial score (nSPS) is 10.4. The minimum atomic E-state index is -0.262. The molecule has 0 saturated heterocycles. The maximum atomic E-state index is 12.2. The molecule has 0 saturated carbocycles. The predicted molar refractivity (Wildman–Crippen MR) is 81.3 cm³/mol. The van der Waals surface area contributed by atoms with E-state index in [9.17, 15) is 9.90 Å². The van der Waals surface area contributed by atoms with Crippen LogP contribution in [0.15, 0.2) is 30.5 Å². The first-order valence-electron chi connectivity index (χ1n) is 6.65. The summed E-state index contributed by atoms with van der Waals surface area (Å²) in [6.07, 6.45) is 1.67. The second-order valence-corrected chi connectivity index (χ2v) is 4.64. The van der Waals surface area contributed by atoms with Gasteiger partial charge in [0.05, 0.1) is 18.9 Å². The van der Waals surface area contributed by atoms with Crippen molar-refractivity contribution in [3.63, 3.8) is 0 Å². The number of nitrogens with zero attached hydrogens (tertiary/aromatic N) is 1. The molecule has 0 atom stereocenters. The molecule has 0 spiro atoms. The Morgan fingerprint density at radius 3 is 2.76 bits per heavy atom. The lowest BCUT2D eigenvalue weighted by atomic mass is 10.2. The number of hydrogen-bond donors (Lipinski definition) is 3. The van der Waals surface area contributed by atoms with Crippen LogP contribution in [0.25, 0.3) is 0 Å². The first kappa shape index (κ1) is 14.9. The van der Waals surface area contributed by atoms with Gasteiger partial charge in [0.25, 0.3) is 5.91 Å². The van der Waals surface area contributed by atoms with E-state index in [4.69, 9.17) is 10.5 Å². The van der Waals surface area contributed by atoms with Crippen molar-refractivity contribution in [1.29, 1.82) is 0 Å². The summed E-state index contributed by atoms with van der Waals surface area (Å²) < 4.78 is 7.06. The minimum absolute atomic E-state index is 0.157. The zero-order valence-corrected chi connectivity index (χ0v) is 12.1. The van der Waals surface area contributed by atoms with Gasteiger partial charge in [0.2, 0.25) is 0 Å². The molecule has 4 N–H and O–H groups in total. The summed E-state index contributed by atoms with van der Waals surface area (Å²) in [6.45, 7) is 2.23. The number of aromatic nitrogens is 1. The number of carbonyl (C=O) groups excluding carboxylic acids is 1. The van der Waals surface area contributed by atoms with Crippen LogP contribution in [-0.2, 0) is 13.7 Å². The van der Waals surface area contributed by atoms with Crippen LogP contribution < -0.4 is 15.8 Å². The van der Waals surface area contributed by atoms with Gasteiger partial charge in [-0.25, -0.2) is 0 Å². The summed E-state index contributed by atoms with van der Waals surface area (Å²) in [6, 6.07) is 6.75. The number of aliphatic hydroxyl groups excluding tert-OH is 1. The lowest BCUT2D eigenvalue weighted by Gasteiger charge is -2.11. The van der Waals surface area contributed by atoms with Gasteiger partial charge in [0.15, 0.2) is 0 Å². The van der Waals surface area contributed by atoms with E-state index in [1.807, 2.05) is 6.92 Å². The van der Waals surface area contributed by atoms with Gasteiger partial charge >= 0.3 is 0 Å².